The van der Waals surface area contributed by atoms with Crippen LogP contribution in [0.2, 0.25) is 0 Å². The molecule has 60 valence electrons. The van der Waals surface area contributed by atoms with Gasteiger partial charge in [0.05, 0.1) is 12.5 Å². The number of pyridine rings is 1. The number of aromatic nitrogens is 1. The lowest BCUT2D eigenvalue weighted by Crippen LogP contribution is -1.90. The minimum atomic E-state index is 0.413. The average Bonchev–Trinajstić information content (AvgIpc) is 2.06. The molecular formula is C10H10N2. The van der Waals surface area contributed by atoms with Gasteiger partial charge in [0.25, 0.3) is 0 Å². The number of rotatable bonds is 3. The van der Waals surface area contributed by atoms with Gasteiger partial charge < -0.3 is 0 Å². The van der Waals surface area contributed by atoms with Crippen molar-refractivity contribution in [1.29, 1.82) is 5.26 Å². The van der Waals surface area contributed by atoms with Crippen LogP contribution in [0.1, 0.15) is 12.1 Å². The predicted octanol–water partition coefficient (Wildman–Crippen LogP) is 2.09. The first-order chi connectivity index (χ1) is 5.83. The topological polar surface area (TPSA) is 36.7 Å². The number of nitriles is 1. The van der Waals surface area contributed by atoms with Crippen LogP contribution in [0.25, 0.3) is 0 Å². The highest BCUT2D eigenvalue weighted by atomic mass is 14.7. The summed E-state index contributed by atoms with van der Waals surface area (Å²) in [5.41, 5.74) is 1.88. The van der Waals surface area contributed by atoms with Gasteiger partial charge in [0.2, 0.25) is 0 Å². The Balaban J connectivity index is 2.54. The summed E-state index contributed by atoms with van der Waals surface area (Å²) < 4.78 is 0. The molecule has 1 aromatic rings. The molecule has 2 nitrogen and oxygen atoms in total. The molecule has 1 heterocycles. The van der Waals surface area contributed by atoms with Gasteiger partial charge in [-0.05, 0) is 12.1 Å². The Morgan fingerprint density at radius 3 is 3.00 bits per heavy atom. The molecule has 1 aromatic heterocycles. The lowest BCUT2D eigenvalue weighted by atomic mass is 10.1. The highest BCUT2D eigenvalue weighted by molar-refractivity contribution is 5.14. The SMILES string of the molecule is C=C(CC#N)Cc1ccccn1. The van der Waals surface area contributed by atoms with Crippen molar-refractivity contribution in [3.05, 3.63) is 42.2 Å². The van der Waals surface area contributed by atoms with Crippen LogP contribution in [-0.4, -0.2) is 4.98 Å². The fourth-order valence-corrected chi connectivity index (χ4v) is 0.933. The van der Waals surface area contributed by atoms with Gasteiger partial charge in [0.15, 0.2) is 0 Å². The van der Waals surface area contributed by atoms with E-state index in [0.717, 1.165) is 11.3 Å². The third-order valence-electron chi connectivity index (χ3n) is 1.49. The summed E-state index contributed by atoms with van der Waals surface area (Å²) in [5, 5.41) is 8.38. The third-order valence-corrected chi connectivity index (χ3v) is 1.49. The van der Waals surface area contributed by atoms with E-state index in [1.165, 1.54) is 0 Å². The molecule has 0 bridgehead atoms. The third kappa shape index (κ3) is 2.55. The van der Waals surface area contributed by atoms with Gasteiger partial charge in [0.1, 0.15) is 0 Å². The van der Waals surface area contributed by atoms with Crippen LogP contribution in [0.4, 0.5) is 0 Å². The van der Waals surface area contributed by atoms with Gasteiger partial charge in [-0.15, -0.1) is 0 Å². The second-order valence-electron chi connectivity index (χ2n) is 2.58. The van der Waals surface area contributed by atoms with Crippen LogP contribution in [0.3, 0.4) is 0 Å². The molecule has 0 fully saturated rings. The normalized spacial score (nSPS) is 8.92. The first-order valence-corrected chi connectivity index (χ1v) is 3.76. The van der Waals surface area contributed by atoms with Crippen molar-refractivity contribution in [3.63, 3.8) is 0 Å². The van der Waals surface area contributed by atoms with Crippen LogP contribution in [-0.2, 0) is 6.42 Å². The minimum absolute atomic E-state index is 0.413. The van der Waals surface area contributed by atoms with Crippen molar-refractivity contribution in [2.24, 2.45) is 0 Å². The Kier molecular flexibility index (Phi) is 3.04. The Labute approximate surface area is 72.2 Å². The predicted molar refractivity (Wildman–Crippen MR) is 47.3 cm³/mol. The van der Waals surface area contributed by atoms with Crippen LogP contribution in [0.15, 0.2) is 36.5 Å². The van der Waals surface area contributed by atoms with Crippen molar-refractivity contribution < 1.29 is 0 Å². The Morgan fingerprint density at radius 2 is 2.42 bits per heavy atom. The lowest BCUT2D eigenvalue weighted by Gasteiger charge is -1.98. The molecule has 0 aromatic carbocycles. The molecule has 2 heteroatoms. The van der Waals surface area contributed by atoms with Crippen LogP contribution < -0.4 is 0 Å². The van der Waals surface area contributed by atoms with E-state index in [1.54, 1.807) is 6.20 Å². The largest absolute Gasteiger partial charge is 0.261 e. The summed E-state index contributed by atoms with van der Waals surface area (Å²) in [7, 11) is 0. The molecule has 0 N–H and O–H groups in total. The zero-order valence-electron chi connectivity index (χ0n) is 6.83. The van der Waals surface area contributed by atoms with Gasteiger partial charge in [-0.1, -0.05) is 18.2 Å². The number of hydrogen-bond acceptors (Lipinski definition) is 2. The van der Waals surface area contributed by atoms with Gasteiger partial charge >= 0.3 is 0 Å². The smallest absolute Gasteiger partial charge is 0.0666 e. The van der Waals surface area contributed by atoms with E-state index in [1.807, 2.05) is 18.2 Å². The molecule has 12 heavy (non-hydrogen) atoms. The quantitative estimate of drug-likeness (QED) is 0.631. The Hall–Kier alpha value is -1.62. The van der Waals surface area contributed by atoms with Crippen molar-refractivity contribution in [2.45, 2.75) is 12.8 Å². The number of nitrogens with zero attached hydrogens (tertiary/aromatic N) is 2. The van der Waals surface area contributed by atoms with Crippen LogP contribution in [0, 0.1) is 11.3 Å². The maximum absolute atomic E-state index is 8.38. The fourth-order valence-electron chi connectivity index (χ4n) is 0.933. The van der Waals surface area contributed by atoms with Crippen molar-refractivity contribution in [1.82, 2.24) is 4.98 Å². The summed E-state index contributed by atoms with van der Waals surface area (Å²) in [6.07, 6.45) is 2.86. The van der Waals surface area contributed by atoms with Gasteiger partial charge in [-0.25, -0.2) is 0 Å². The zero-order chi connectivity index (χ0) is 8.81. The highest BCUT2D eigenvalue weighted by Crippen LogP contribution is 2.05. The maximum atomic E-state index is 8.38. The van der Waals surface area contributed by atoms with E-state index in [2.05, 4.69) is 17.6 Å². The second kappa shape index (κ2) is 4.30. The molecule has 0 aliphatic rings. The maximum Gasteiger partial charge on any atom is 0.0666 e. The molecule has 0 aliphatic heterocycles. The van der Waals surface area contributed by atoms with Crippen LogP contribution in [0.5, 0.6) is 0 Å². The lowest BCUT2D eigenvalue weighted by molar-refractivity contribution is 1.02. The van der Waals surface area contributed by atoms with Crippen molar-refractivity contribution in [2.75, 3.05) is 0 Å². The first-order valence-electron chi connectivity index (χ1n) is 3.76. The average molecular weight is 158 g/mol. The van der Waals surface area contributed by atoms with E-state index in [0.29, 0.717) is 12.8 Å². The summed E-state index contributed by atoms with van der Waals surface area (Å²) in [6.45, 7) is 3.78. The standard InChI is InChI=1S/C10H10N2/c1-9(5-6-11)8-10-4-2-3-7-12-10/h2-4,7H,1,5,8H2. The molecule has 0 amide bonds. The molecular weight excluding hydrogens is 148 g/mol. The molecule has 0 radical (unpaired) electrons. The van der Waals surface area contributed by atoms with E-state index in [9.17, 15) is 0 Å². The van der Waals surface area contributed by atoms with E-state index in [-0.39, 0.29) is 0 Å². The molecule has 0 unspecified atom stereocenters. The highest BCUT2D eigenvalue weighted by Gasteiger charge is 1.96. The summed E-state index contributed by atoms with van der Waals surface area (Å²) in [6, 6.07) is 7.80. The van der Waals surface area contributed by atoms with Gasteiger partial charge in [-0.3, -0.25) is 4.98 Å². The first kappa shape index (κ1) is 8.48. The van der Waals surface area contributed by atoms with E-state index in [4.69, 9.17) is 5.26 Å². The van der Waals surface area contributed by atoms with Crippen molar-refractivity contribution >= 4 is 0 Å². The molecule has 0 saturated carbocycles. The molecule has 1 rings (SSSR count). The van der Waals surface area contributed by atoms with E-state index >= 15 is 0 Å². The molecule has 0 spiro atoms. The Bertz CT molecular complexity index is 295. The fraction of sp³-hybridized carbons (Fsp3) is 0.200. The number of allylic oxidation sites excluding steroid dienone is 1. The zero-order valence-corrected chi connectivity index (χ0v) is 6.83. The molecule has 0 aliphatic carbocycles. The van der Waals surface area contributed by atoms with E-state index < -0.39 is 0 Å². The number of hydrogen-bond donors (Lipinski definition) is 0. The second-order valence-corrected chi connectivity index (χ2v) is 2.58. The molecule has 0 atom stereocenters. The monoisotopic (exact) mass is 158 g/mol. The Morgan fingerprint density at radius 1 is 1.58 bits per heavy atom. The van der Waals surface area contributed by atoms with Crippen LogP contribution >= 0.6 is 0 Å². The summed E-state index contributed by atoms with van der Waals surface area (Å²) in [5.74, 6) is 0. The van der Waals surface area contributed by atoms with Gasteiger partial charge in [-0.2, -0.15) is 5.26 Å². The van der Waals surface area contributed by atoms with Crippen molar-refractivity contribution in [3.8, 4) is 6.07 Å². The molecule has 0 saturated heterocycles. The summed E-state index contributed by atoms with van der Waals surface area (Å²) >= 11 is 0. The summed E-state index contributed by atoms with van der Waals surface area (Å²) in [4.78, 5) is 4.13. The minimum Gasteiger partial charge on any atom is -0.261 e. The van der Waals surface area contributed by atoms with Gasteiger partial charge in [0, 0.05) is 18.3 Å².